The van der Waals surface area contributed by atoms with E-state index in [1.165, 1.54) is 5.56 Å². The first-order valence-electron chi connectivity index (χ1n) is 10.3. The Labute approximate surface area is 159 Å². The third kappa shape index (κ3) is 6.05. The number of aliphatic hydroxyl groups excluding tert-OH is 1. The molecule has 1 aromatic rings. The number of nitrogens with zero attached hydrogens (tertiary/aromatic N) is 2. The van der Waals surface area contributed by atoms with Gasteiger partial charge in [0.05, 0.1) is 19.3 Å². The number of rotatable bonds is 7. The van der Waals surface area contributed by atoms with Gasteiger partial charge in [0.2, 0.25) is 0 Å². The van der Waals surface area contributed by atoms with Crippen LogP contribution in [0.15, 0.2) is 30.3 Å². The monoisotopic (exact) mass is 360 g/mol. The maximum Gasteiger partial charge on any atom is 0.0609 e. The van der Waals surface area contributed by atoms with Gasteiger partial charge in [0.15, 0.2) is 0 Å². The van der Waals surface area contributed by atoms with Crippen molar-refractivity contribution in [1.82, 2.24) is 9.80 Å². The van der Waals surface area contributed by atoms with Crippen LogP contribution in [0.5, 0.6) is 0 Å². The van der Waals surface area contributed by atoms with Crippen molar-refractivity contribution in [3.8, 4) is 0 Å². The molecular formula is C22H36N2O2. The van der Waals surface area contributed by atoms with Crippen LogP contribution in [0, 0.1) is 11.3 Å². The summed E-state index contributed by atoms with van der Waals surface area (Å²) in [6.45, 7) is 13.2. The molecule has 3 rings (SSSR count). The van der Waals surface area contributed by atoms with Gasteiger partial charge in [0, 0.05) is 26.2 Å². The minimum absolute atomic E-state index is 0.207. The number of hydrogen-bond acceptors (Lipinski definition) is 4. The number of likely N-dealkylation sites (tertiary alicyclic amines) is 1. The second-order valence-corrected chi connectivity index (χ2v) is 8.92. The molecule has 1 atom stereocenters. The molecule has 2 heterocycles. The summed E-state index contributed by atoms with van der Waals surface area (Å²) < 4.78 is 5.47. The third-order valence-corrected chi connectivity index (χ3v) is 5.87. The summed E-state index contributed by atoms with van der Waals surface area (Å²) >= 11 is 0. The zero-order chi connectivity index (χ0) is 18.4. The van der Waals surface area contributed by atoms with Crippen LogP contribution in [0.2, 0.25) is 0 Å². The Kier molecular flexibility index (Phi) is 7.10. The average Bonchev–Trinajstić information content (AvgIpc) is 2.63. The number of hydrogen-bond donors (Lipinski definition) is 1. The van der Waals surface area contributed by atoms with Crippen LogP contribution in [0.25, 0.3) is 0 Å². The van der Waals surface area contributed by atoms with Crippen LogP contribution in [-0.2, 0) is 11.2 Å². The van der Waals surface area contributed by atoms with Crippen LogP contribution >= 0.6 is 0 Å². The van der Waals surface area contributed by atoms with Crippen molar-refractivity contribution in [1.29, 1.82) is 0 Å². The number of benzene rings is 1. The van der Waals surface area contributed by atoms with Gasteiger partial charge in [0.1, 0.15) is 0 Å². The summed E-state index contributed by atoms with van der Waals surface area (Å²) in [5, 5.41) is 10.6. The van der Waals surface area contributed by atoms with Gasteiger partial charge < -0.3 is 14.7 Å². The lowest BCUT2D eigenvalue weighted by Gasteiger charge is -2.41. The molecule has 4 nitrogen and oxygen atoms in total. The molecular weight excluding hydrogens is 324 g/mol. The summed E-state index contributed by atoms with van der Waals surface area (Å²) in [6.07, 6.45) is 2.80. The van der Waals surface area contributed by atoms with E-state index in [0.29, 0.717) is 11.3 Å². The highest BCUT2D eigenvalue weighted by Gasteiger charge is 2.30. The summed E-state index contributed by atoms with van der Waals surface area (Å²) in [5.74, 6) is 0.439. The van der Waals surface area contributed by atoms with Crippen LogP contribution in [-0.4, -0.2) is 73.5 Å². The molecule has 0 bridgehead atoms. The first-order chi connectivity index (χ1) is 12.5. The average molecular weight is 361 g/mol. The van der Waals surface area contributed by atoms with Crippen molar-refractivity contribution >= 4 is 0 Å². The quantitative estimate of drug-likeness (QED) is 0.811. The van der Waals surface area contributed by atoms with Gasteiger partial charge >= 0.3 is 0 Å². The molecule has 0 aliphatic carbocycles. The van der Waals surface area contributed by atoms with Gasteiger partial charge in [-0.1, -0.05) is 44.2 Å². The van der Waals surface area contributed by atoms with E-state index in [-0.39, 0.29) is 6.10 Å². The van der Waals surface area contributed by atoms with Crippen LogP contribution in [0.4, 0.5) is 0 Å². The van der Waals surface area contributed by atoms with Crippen molar-refractivity contribution in [2.75, 3.05) is 52.5 Å². The van der Waals surface area contributed by atoms with Crippen molar-refractivity contribution in [3.63, 3.8) is 0 Å². The maximum absolute atomic E-state index is 10.6. The Balaban J connectivity index is 1.41. The fraction of sp³-hybridized carbons (Fsp3) is 0.727. The molecule has 2 aliphatic heterocycles. The van der Waals surface area contributed by atoms with E-state index in [1.54, 1.807) is 0 Å². The summed E-state index contributed by atoms with van der Waals surface area (Å²) in [4.78, 5) is 5.14. The first kappa shape index (κ1) is 19.8. The standard InChI is InChI=1S/C22H36N2O2/c1-22(2,18-24-12-14-26-15-13-24)17-23-10-8-20(9-11-23)21(25)16-19-6-4-3-5-7-19/h3-7,20-21,25H,8-18H2,1-2H3/t21-/m1/s1. The topological polar surface area (TPSA) is 35.9 Å². The highest BCUT2D eigenvalue weighted by Crippen LogP contribution is 2.26. The number of piperidine rings is 1. The Morgan fingerprint density at radius 1 is 1.00 bits per heavy atom. The number of ether oxygens (including phenoxy) is 1. The lowest BCUT2D eigenvalue weighted by atomic mass is 9.86. The molecule has 0 saturated carbocycles. The second-order valence-electron chi connectivity index (χ2n) is 8.92. The maximum atomic E-state index is 10.6. The highest BCUT2D eigenvalue weighted by molar-refractivity contribution is 5.15. The fourth-order valence-electron chi connectivity index (χ4n) is 4.54. The SMILES string of the molecule is CC(C)(CN1CCOCC1)CN1CCC([C@H](O)Cc2ccccc2)CC1. The molecule has 0 unspecified atom stereocenters. The van der Waals surface area contributed by atoms with Crippen LogP contribution < -0.4 is 0 Å². The second kappa shape index (κ2) is 9.32. The molecule has 2 fully saturated rings. The summed E-state index contributed by atoms with van der Waals surface area (Å²) in [6, 6.07) is 10.4. The normalized spacial score (nSPS) is 22.4. The molecule has 2 aliphatic rings. The molecule has 4 heteroatoms. The Hall–Kier alpha value is -0.940. The van der Waals surface area contributed by atoms with E-state index in [1.807, 2.05) is 6.07 Å². The van der Waals surface area contributed by atoms with E-state index >= 15 is 0 Å². The molecule has 2 saturated heterocycles. The molecule has 0 spiro atoms. The number of aliphatic hydroxyl groups is 1. The lowest BCUT2D eigenvalue weighted by molar-refractivity contribution is 0.00796. The van der Waals surface area contributed by atoms with Crippen LogP contribution in [0.3, 0.4) is 0 Å². The van der Waals surface area contributed by atoms with E-state index in [2.05, 4.69) is 47.9 Å². The van der Waals surface area contributed by atoms with Crippen LogP contribution in [0.1, 0.15) is 32.3 Å². The van der Waals surface area contributed by atoms with E-state index in [0.717, 1.165) is 71.7 Å². The zero-order valence-corrected chi connectivity index (χ0v) is 16.6. The minimum Gasteiger partial charge on any atom is -0.392 e. The lowest BCUT2D eigenvalue weighted by Crippen LogP contribution is -2.48. The molecule has 1 N–H and O–H groups in total. The van der Waals surface area contributed by atoms with Gasteiger partial charge in [-0.05, 0) is 49.2 Å². The predicted molar refractivity (Wildman–Crippen MR) is 106 cm³/mol. The Morgan fingerprint density at radius 3 is 2.19 bits per heavy atom. The zero-order valence-electron chi connectivity index (χ0n) is 16.6. The van der Waals surface area contributed by atoms with E-state index in [9.17, 15) is 5.11 Å². The third-order valence-electron chi connectivity index (χ3n) is 5.87. The van der Waals surface area contributed by atoms with Gasteiger partial charge in [-0.25, -0.2) is 0 Å². The Morgan fingerprint density at radius 2 is 1.58 bits per heavy atom. The smallest absolute Gasteiger partial charge is 0.0609 e. The molecule has 1 aromatic carbocycles. The van der Waals surface area contributed by atoms with E-state index in [4.69, 9.17) is 4.74 Å². The highest BCUT2D eigenvalue weighted by atomic mass is 16.5. The van der Waals surface area contributed by atoms with Crippen molar-refractivity contribution in [2.24, 2.45) is 11.3 Å². The van der Waals surface area contributed by atoms with E-state index < -0.39 is 0 Å². The minimum atomic E-state index is -0.207. The van der Waals surface area contributed by atoms with Crippen molar-refractivity contribution in [3.05, 3.63) is 35.9 Å². The van der Waals surface area contributed by atoms with Crippen molar-refractivity contribution in [2.45, 2.75) is 39.2 Å². The fourth-order valence-corrected chi connectivity index (χ4v) is 4.54. The van der Waals surface area contributed by atoms with Gasteiger partial charge in [-0.2, -0.15) is 0 Å². The molecule has 0 amide bonds. The molecule has 0 radical (unpaired) electrons. The number of morpholine rings is 1. The molecule has 146 valence electrons. The predicted octanol–water partition coefficient (Wildman–Crippen LogP) is 2.66. The first-order valence-corrected chi connectivity index (χ1v) is 10.3. The largest absolute Gasteiger partial charge is 0.392 e. The van der Waals surface area contributed by atoms with Gasteiger partial charge in [0.25, 0.3) is 0 Å². The van der Waals surface area contributed by atoms with Gasteiger partial charge in [-0.15, -0.1) is 0 Å². The van der Waals surface area contributed by atoms with Crippen molar-refractivity contribution < 1.29 is 9.84 Å². The van der Waals surface area contributed by atoms with Gasteiger partial charge in [-0.3, -0.25) is 4.90 Å². The summed E-state index contributed by atoms with van der Waals surface area (Å²) in [5.41, 5.74) is 1.54. The molecule has 0 aromatic heterocycles. The molecule has 26 heavy (non-hydrogen) atoms. The Bertz CT molecular complexity index is 520. The summed E-state index contributed by atoms with van der Waals surface area (Å²) in [7, 11) is 0.